The van der Waals surface area contributed by atoms with Crippen molar-refractivity contribution >= 4 is 38.2 Å². The van der Waals surface area contributed by atoms with Crippen LogP contribution in [0.15, 0.2) is 78.3 Å². The van der Waals surface area contributed by atoms with Crippen molar-refractivity contribution < 1.29 is 14.6 Å². The number of aliphatic hydroxyl groups excluding tert-OH is 1. The normalized spacial score (nSPS) is 12.2. The van der Waals surface area contributed by atoms with Gasteiger partial charge in [0, 0.05) is 32.7 Å². The molecular weight excluding hydrogens is 444 g/mol. The molecule has 2 heterocycles. The standard InChI is InChI=1S/C28H26N2O3S/c1-2-33-26-12-11-18(24-17-34-27-10-6-4-8-22(24)27)14-23(26)28(32)30-20(16-31)13-19-15-29-25-9-5-3-7-21(19)25/h3-12,14-15,17,20,29,31H,2,13,16H2,1H3,(H,30,32)/t20-/m1/s1. The summed E-state index contributed by atoms with van der Waals surface area (Å²) < 4.78 is 6.98. The van der Waals surface area contributed by atoms with E-state index in [1.807, 2.05) is 67.7 Å². The number of aliphatic hydroxyl groups is 1. The predicted octanol–water partition coefficient (Wildman–Crippen LogP) is 5.78. The monoisotopic (exact) mass is 470 g/mol. The fraction of sp³-hybridized carbons (Fsp3) is 0.179. The Hall–Kier alpha value is -3.61. The summed E-state index contributed by atoms with van der Waals surface area (Å²) in [6.07, 6.45) is 2.46. The SMILES string of the molecule is CCOc1ccc(-c2csc3ccccc23)cc1C(=O)N[C@@H](CO)Cc1c[nH]c2ccccc12. The second-order valence-electron chi connectivity index (χ2n) is 8.21. The topological polar surface area (TPSA) is 74.3 Å². The number of thiophene rings is 1. The molecule has 172 valence electrons. The maximum atomic E-state index is 13.4. The van der Waals surface area contributed by atoms with Gasteiger partial charge in [0.15, 0.2) is 0 Å². The van der Waals surface area contributed by atoms with E-state index in [1.54, 1.807) is 11.3 Å². The summed E-state index contributed by atoms with van der Waals surface area (Å²) in [6, 6.07) is 21.6. The van der Waals surface area contributed by atoms with Crippen LogP contribution in [0.3, 0.4) is 0 Å². The van der Waals surface area contributed by atoms with Gasteiger partial charge in [-0.15, -0.1) is 11.3 Å². The van der Waals surface area contributed by atoms with Gasteiger partial charge in [-0.3, -0.25) is 4.79 Å². The average molecular weight is 471 g/mol. The second kappa shape index (κ2) is 9.71. The van der Waals surface area contributed by atoms with Crippen molar-refractivity contribution in [1.82, 2.24) is 10.3 Å². The molecule has 0 spiro atoms. The third-order valence-corrected chi connectivity index (χ3v) is 6.98. The summed E-state index contributed by atoms with van der Waals surface area (Å²) in [5.41, 5.74) is 4.61. The van der Waals surface area contributed by atoms with E-state index in [9.17, 15) is 9.90 Å². The number of aromatic amines is 1. The van der Waals surface area contributed by atoms with Gasteiger partial charge in [-0.05, 0) is 54.1 Å². The highest BCUT2D eigenvalue weighted by Gasteiger charge is 2.20. The molecule has 5 rings (SSSR count). The summed E-state index contributed by atoms with van der Waals surface area (Å²) in [5.74, 6) is 0.274. The first kappa shape index (κ1) is 22.2. The van der Waals surface area contributed by atoms with Gasteiger partial charge in [-0.1, -0.05) is 42.5 Å². The lowest BCUT2D eigenvalue weighted by molar-refractivity contribution is 0.0913. The van der Waals surface area contributed by atoms with Gasteiger partial charge in [0.1, 0.15) is 5.75 Å². The van der Waals surface area contributed by atoms with Crippen LogP contribution < -0.4 is 10.1 Å². The Labute approximate surface area is 202 Å². The smallest absolute Gasteiger partial charge is 0.255 e. The zero-order chi connectivity index (χ0) is 23.5. The van der Waals surface area contributed by atoms with Gasteiger partial charge in [0.2, 0.25) is 0 Å². The molecule has 0 bridgehead atoms. The number of para-hydroxylation sites is 1. The molecule has 0 unspecified atom stereocenters. The highest BCUT2D eigenvalue weighted by atomic mass is 32.1. The van der Waals surface area contributed by atoms with E-state index in [0.717, 1.165) is 33.0 Å². The molecule has 5 nitrogen and oxygen atoms in total. The lowest BCUT2D eigenvalue weighted by atomic mass is 10.0. The maximum Gasteiger partial charge on any atom is 0.255 e. The summed E-state index contributed by atoms with van der Waals surface area (Å²) in [6.45, 7) is 2.19. The Balaban J connectivity index is 1.43. The quantitative estimate of drug-likeness (QED) is 0.269. The molecule has 0 aliphatic rings. The fourth-order valence-electron chi connectivity index (χ4n) is 4.35. The van der Waals surface area contributed by atoms with Crippen molar-refractivity contribution in [2.75, 3.05) is 13.2 Å². The molecule has 1 atom stereocenters. The maximum absolute atomic E-state index is 13.4. The molecule has 0 radical (unpaired) electrons. The van der Waals surface area contributed by atoms with Gasteiger partial charge < -0.3 is 20.1 Å². The van der Waals surface area contributed by atoms with E-state index < -0.39 is 6.04 Å². The van der Waals surface area contributed by atoms with E-state index in [-0.39, 0.29) is 12.5 Å². The number of carbonyl (C=O) groups is 1. The Morgan fingerprint density at radius 1 is 1.09 bits per heavy atom. The number of rotatable bonds is 8. The molecule has 0 fully saturated rings. The number of fused-ring (bicyclic) bond motifs is 2. The van der Waals surface area contributed by atoms with Crippen LogP contribution in [0.25, 0.3) is 32.1 Å². The zero-order valence-corrected chi connectivity index (χ0v) is 19.7. The largest absolute Gasteiger partial charge is 0.493 e. The number of hydrogen-bond acceptors (Lipinski definition) is 4. The minimum atomic E-state index is -0.424. The Bertz CT molecular complexity index is 1450. The first-order chi connectivity index (χ1) is 16.7. The van der Waals surface area contributed by atoms with Crippen LogP contribution in [0.4, 0.5) is 0 Å². The molecule has 0 aliphatic carbocycles. The van der Waals surface area contributed by atoms with Crippen LogP contribution in [0.2, 0.25) is 0 Å². The van der Waals surface area contributed by atoms with E-state index in [2.05, 4.69) is 27.8 Å². The first-order valence-corrected chi connectivity index (χ1v) is 12.3. The minimum Gasteiger partial charge on any atom is -0.493 e. The third kappa shape index (κ3) is 4.30. The summed E-state index contributed by atoms with van der Waals surface area (Å²) in [5, 5.41) is 17.4. The Morgan fingerprint density at radius 2 is 1.88 bits per heavy atom. The van der Waals surface area contributed by atoms with Crippen molar-refractivity contribution in [2.45, 2.75) is 19.4 Å². The first-order valence-electron chi connectivity index (χ1n) is 11.4. The highest BCUT2D eigenvalue weighted by molar-refractivity contribution is 7.17. The zero-order valence-electron chi connectivity index (χ0n) is 18.9. The molecule has 2 aromatic heterocycles. The van der Waals surface area contributed by atoms with Crippen LogP contribution >= 0.6 is 11.3 Å². The second-order valence-corrected chi connectivity index (χ2v) is 9.12. The average Bonchev–Trinajstić information content (AvgIpc) is 3.48. The predicted molar refractivity (Wildman–Crippen MR) is 139 cm³/mol. The summed E-state index contributed by atoms with van der Waals surface area (Å²) in [7, 11) is 0. The highest BCUT2D eigenvalue weighted by Crippen LogP contribution is 2.36. The minimum absolute atomic E-state index is 0.163. The van der Waals surface area contributed by atoms with E-state index in [4.69, 9.17) is 4.74 Å². The fourth-order valence-corrected chi connectivity index (χ4v) is 5.32. The molecule has 6 heteroatoms. The van der Waals surface area contributed by atoms with E-state index in [0.29, 0.717) is 24.3 Å². The molecular formula is C28H26N2O3S. The van der Waals surface area contributed by atoms with Gasteiger partial charge in [-0.2, -0.15) is 0 Å². The molecule has 1 amide bonds. The third-order valence-electron chi connectivity index (χ3n) is 6.01. The molecule has 0 saturated heterocycles. The number of benzene rings is 3. The van der Waals surface area contributed by atoms with Gasteiger partial charge in [0.05, 0.1) is 24.8 Å². The Morgan fingerprint density at radius 3 is 2.71 bits per heavy atom. The van der Waals surface area contributed by atoms with Crippen LogP contribution in [0.5, 0.6) is 5.75 Å². The molecule has 0 aliphatic heterocycles. The van der Waals surface area contributed by atoms with Crippen LogP contribution in [0.1, 0.15) is 22.8 Å². The number of carbonyl (C=O) groups excluding carboxylic acids is 1. The molecule has 34 heavy (non-hydrogen) atoms. The molecule has 5 aromatic rings. The lowest BCUT2D eigenvalue weighted by Crippen LogP contribution is -2.39. The number of hydrogen-bond donors (Lipinski definition) is 3. The molecule has 0 saturated carbocycles. The van der Waals surface area contributed by atoms with Gasteiger partial charge >= 0.3 is 0 Å². The molecule has 3 N–H and O–H groups in total. The number of nitrogens with one attached hydrogen (secondary N) is 2. The van der Waals surface area contributed by atoms with Crippen molar-refractivity contribution in [3.8, 4) is 16.9 Å². The number of aromatic nitrogens is 1. The van der Waals surface area contributed by atoms with Crippen molar-refractivity contribution in [2.24, 2.45) is 0 Å². The van der Waals surface area contributed by atoms with Gasteiger partial charge in [-0.25, -0.2) is 0 Å². The van der Waals surface area contributed by atoms with E-state index in [1.165, 1.54) is 4.70 Å². The summed E-state index contributed by atoms with van der Waals surface area (Å²) >= 11 is 1.69. The summed E-state index contributed by atoms with van der Waals surface area (Å²) in [4.78, 5) is 16.6. The van der Waals surface area contributed by atoms with Crippen molar-refractivity contribution in [1.29, 1.82) is 0 Å². The van der Waals surface area contributed by atoms with E-state index >= 15 is 0 Å². The van der Waals surface area contributed by atoms with Gasteiger partial charge in [0.25, 0.3) is 5.91 Å². The van der Waals surface area contributed by atoms with Crippen molar-refractivity contribution in [3.63, 3.8) is 0 Å². The number of ether oxygens (including phenoxy) is 1. The van der Waals surface area contributed by atoms with Crippen LogP contribution in [-0.2, 0) is 6.42 Å². The van der Waals surface area contributed by atoms with Crippen LogP contribution in [0, 0.1) is 0 Å². The number of amides is 1. The molecule has 3 aromatic carbocycles. The Kier molecular flexibility index (Phi) is 6.34. The lowest BCUT2D eigenvalue weighted by Gasteiger charge is -2.18. The van der Waals surface area contributed by atoms with Crippen molar-refractivity contribution in [3.05, 3.63) is 89.4 Å². The number of H-pyrrole nitrogens is 1. The van der Waals surface area contributed by atoms with Crippen LogP contribution in [-0.4, -0.2) is 35.3 Å².